The Labute approximate surface area is 113 Å². The quantitative estimate of drug-likeness (QED) is 0.852. The summed E-state index contributed by atoms with van der Waals surface area (Å²) in [4.78, 5) is 8.66. The fraction of sp³-hybridized carbons (Fsp3) is 0.700. The van der Waals surface area contributed by atoms with Crippen LogP contribution in [-0.4, -0.2) is 26.1 Å². The molecule has 0 aliphatic carbocycles. The molecule has 1 aliphatic rings. The molecule has 0 amide bonds. The molecule has 2 heterocycles. The Morgan fingerprint density at radius 2 is 2.05 bits per heavy atom. The van der Waals surface area contributed by atoms with Gasteiger partial charge >= 0.3 is 6.18 Å². The monoisotopic (exact) mass is 294 g/mol. The summed E-state index contributed by atoms with van der Waals surface area (Å²) in [5.74, 6) is -1.08. The fourth-order valence-corrected chi connectivity index (χ4v) is 2.10. The summed E-state index contributed by atoms with van der Waals surface area (Å²) in [6.07, 6.45) is -4.09. The molecule has 0 saturated carbocycles. The van der Waals surface area contributed by atoms with E-state index in [4.69, 9.17) is 4.84 Å². The first kappa shape index (κ1) is 14.2. The normalized spacial score (nSPS) is 20.1. The predicted octanol–water partition coefficient (Wildman–Crippen LogP) is 2.36. The lowest BCUT2D eigenvalue weighted by Gasteiger charge is -2.14. The van der Waals surface area contributed by atoms with Crippen molar-refractivity contribution in [2.45, 2.75) is 37.3 Å². The SMILES string of the molecule is Cn1nc(C(F)(F)F)nc1C(S)C1=NOC(C)(C)C1. The predicted molar refractivity (Wildman–Crippen MR) is 64.9 cm³/mol. The number of hydrogen-bond acceptors (Lipinski definition) is 5. The summed E-state index contributed by atoms with van der Waals surface area (Å²) in [5, 5.41) is 6.53. The molecule has 19 heavy (non-hydrogen) atoms. The number of halogens is 3. The zero-order chi connectivity index (χ0) is 14.4. The maximum atomic E-state index is 12.5. The van der Waals surface area contributed by atoms with E-state index in [-0.39, 0.29) is 5.82 Å². The second-order valence-corrected chi connectivity index (χ2v) is 5.44. The first-order chi connectivity index (χ1) is 8.60. The summed E-state index contributed by atoms with van der Waals surface area (Å²) in [5.41, 5.74) is 0.0689. The van der Waals surface area contributed by atoms with Gasteiger partial charge in [0.25, 0.3) is 5.82 Å². The highest BCUT2D eigenvalue weighted by Crippen LogP contribution is 2.33. The van der Waals surface area contributed by atoms with Crippen molar-refractivity contribution in [2.75, 3.05) is 0 Å². The molecule has 9 heteroatoms. The Morgan fingerprint density at radius 1 is 1.42 bits per heavy atom. The minimum absolute atomic E-state index is 0.0932. The van der Waals surface area contributed by atoms with Gasteiger partial charge < -0.3 is 4.84 Å². The molecular formula is C10H13F3N4OS. The van der Waals surface area contributed by atoms with Gasteiger partial charge in [0, 0.05) is 13.5 Å². The molecule has 1 aromatic heterocycles. The largest absolute Gasteiger partial charge is 0.453 e. The summed E-state index contributed by atoms with van der Waals surface area (Å²) < 4.78 is 38.6. The van der Waals surface area contributed by atoms with E-state index in [1.807, 2.05) is 13.8 Å². The highest BCUT2D eigenvalue weighted by molar-refractivity contribution is 7.81. The Morgan fingerprint density at radius 3 is 2.47 bits per heavy atom. The first-order valence-electron chi connectivity index (χ1n) is 5.51. The van der Waals surface area contributed by atoms with E-state index in [1.165, 1.54) is 7.05 Å². The van der Waals surface area contributed by atoms with E-state index in [9.17, 15) is 13.2 Å². The molecule has 1 aromatic rings. The second kappa shape index (κ2) is 4.39. The number of aromatic nitrogens is 3. The molecule has 0 N–H and O–H groups in total. The third kappa shape index (κ3) is 2.85. The van der Waals surface area contributed by atoms with Gasteiger partial charge in [0.1, 0.15) is 16.7 Å². The average Bonchev–Trinajstić information content (AvgIpc) is 2.80. The van der Waals surface area contributed by atoms with Gasteiger partial charge in [-0.15, -0.1) is 5.10 Å². The van der Waals surface area contributed by atoms with Gasteiger partial charge in [-0.25, -0.2) is 4.98 Å². The Bertz CT molecular complexity index is 523. The van der Waals surface area contributed by atoms with Gasteiger partial charge in [-0.1, -0.05) is 5.16 Å². The van der Waals surface area contributed by atoms with E-state index >= 15 is 0 Å². The number of rotatable bonds is 2. The molecule has 106 valence electrons. The van der Waals surface area contributed by atoms with Gasteiger partial charge in [-0.05, 0) is 13.8 Å². The van der Waals surface area contributed by atoms with Crippen LogP contribution in [0, 0.1) is 0 Å². The Hall–Kier alpha value is -1.25. The van der Waals surface area contributed by atoms with Crippen molar-refractivity contribution in [3.05, 3.63) is 11.6 Å². The summed E-state index contributed by atoms with van der Waals surface area (Å²) in [6, 6.07) is 0. The van der Waals surface area contributed by atoms with Crippen molar-refractivity contribution in [1.82, 2.24) is 14.8 Å². The molecular weight excluding hydrogens is 281 g/mol. The molecule has 1 atom stereocenters. The van der Waals surface area contributed by atoms with Crippen molar-refractivity contribution in [2.24, 2.45) is 12.2 Å². The molecule has 0 fully saturated rings. The Balaban J connectivity index is 2.26. The maximum absolute atomic E-state index is 12.5. The van der Waals surface area contributed by atoms with E-state index in [0.29, 0.717) is 12.1 Å². The lowest BCUT2D eigenvalue weighted by molar-refractivity contribution is -0.145. The number of nitrogens with zero attached hydrogens (tertiary/aromatic N) is 4. The molecule has 1 unspecified atom stereocenters. The van der Waals surface area contributed by atoms with E-state index in [0.717, 1.165) is 4.68 Å². The van der Waals surface area contributed by atoms with Crippen LogP contribution in [0.25, 0.3) is 0 Å². The van der Waals surface area contributed by atoms with Crippen molar-refractivity contribution < 1.29 is 18.0 Å². The van der Waals surface area contributed by atoms with Crippen LogP contribution < -0.4 is 0 Å². The van der Waals surface area contributed by atoms with Crippen LogP contribution in [0.15, 0.2) is 5.16 Å². The fourth-order valence-electron chi connectivity index (χ4n) is 1.73. The van der Waals surface area contributed by atoms with Gasteiger partial charge in [-0.3, -0.25) is 4.68 Å². The minimum Gasteiger partial charge on any atom is -0.389 e. The van der Waals surface area contributed by atoms with Gasteiger partial charge in [0.05, 0.1) is 5.71 Å². The molecule has 5 nitrogen and oxygen atoms in total. The molecule has 0 saturated heterocycles. The van der Waals surface area contributed by atoms with Crippen LogP contribution >= 0.6 is 12.6 Å². The zero-order valence-corrected chi connectivity index (χ0v) is 11.5. The third-order valence-corrected chi connectivity index (χ3v) is 3.16. The summed E-state index contributed by atoms with van der Waals surface area (Å²) in [7, 11) is 1.39. The minimum atomic E-state index is -4.57. The summed E-state index contributed by atoms with van der Waals surface area (Å²) >= 11 is 4.27. The Kier molecular flexibility index (Phi) is 3.28. The van der Waals surface area contributed by atoms with Crippen LogP contribution in [0.3, 0.4) is 0 Å². The molecule has 0 bridgehead atoms. The number of thiol groups is 1. The summed E-state index contributed by atoms with van der Waals surface area (Å²) in [6.45, 7) is 3.67. The average molecular weight is 294 g/mol. The van der Waals surface area contributed by atoms with Crippen LogP contribution in [0.4, 0.5) is 13.2 Å². The number of alkyl halides is 3. The third-order valence-electron chi connectivity index (χ3n) is 2.63. The van der Waals surface area contributed by atoms with Crippen molar-refractivity contribution in [3.63, 3.8) is 0 Å². The van der Waals surface area contributed by atoms with Crippen molar-refractivity contribution in [3.8, 4) is 0 Å². The van der Waals surface area contributed by atoms with Gasteiger partial charge in [-0.2, -0.15) is 25.8 Å². The number of oxime groups is 1. The van der Waals surface area contributed by atoms with Crippen LogP contribution in [0.1, 0.15) is 37.2 Å². The highest BCUT2D eigenvalue weighted by atomic mass is 32.1. The van der Waals surface area contributed by atoms with Crippen molar-refractivity contribution >= 4 is 18.3 Å². The van der Waals surface area contributed by atoms with Crippen LogP contribution in [0.5, 0.6) is 0 Å². The maximum Gasteiger partial charge on any atom is 0.453 e. The first-order valence-corrected chi connectivity index (χ1v) is 6.03. The molecule has 0 aromatic carbocycles. The topological polar surface area (TPSA) is 52.3 Å². The standard InChI is InChI=1S/C10H13F3N4OS/c1-9(2)4-5(16-18-9)6(19)7-14-8(10(11,12)13)15-17(7)3/h6,19H,4H2,1-3H3. The second-order valence-electron chi connectivity index (χ2n) is 4.93. The van der Waals surface area contributed by atoms with E-state index in [2.05, 4.69) is 27.9 Å². The van der Waals surface area contributed by atoms with E-state index < -0.39 is 22.9 Å². The van der Waals surface area contributed by atoms with Crippen molar-refractivity contribution in [1.29, 1.82) is 0 Å². The van der Waals surface area contributed by atoms with Gasteiger partial charge in [0.15, 0.2) is 0 Å². The molecule has 1 aliphatic heterocycles. The van der Waals surface area contributed by atoms with Crippen LogP contribution in [-0.2, 0) is 18.1 Å². The smallest absolute Gasteiger partial charge is 0.389 e. The highest BCUT2D eigenvalue weighted by Gasteiger charge is 2.39. The number of aryl methyl sites for hydroxylation is 1. The van der Waals surface area contributed by atoms with E-state index in [1.54, 1.807) is 0 Å². The zero-order valence-electron chi connectivity index (χ0n) is 10.6. The van der Waals surface area contributed by atoms with Crippen LogP contribution in [0.2, 0.25) is 0 Å². The molecule has 2 rings (SSSR count). The molecule has 0 radical (unpaired) electrons. The number of hydrogen-bond donors (Lipinski definition) is 1. The van der Waals surface area contributed by atoms with Gasteiger partial charge in [0.2, 0.25) is 0 Å². The molecule has 0 spiro atoms. The lowest BCUT2D eigenvalue weighted by Crippen LogP contribution is -2.21. The lowest BCUT2D eigenvalue weighted by atomic mass is 10.0.